The van der Waals surface area contributed by atoms with Gasteiger partial charge in [0.1, 0.15) is 20.1 Å². The molecule has 2 fully saturated rings. The number of hydrogen-bond donors (Lipinski definition) is 1. The van der Waals surface area contributed by atoms with E-state index >= 15 is 9.13 Å². The number of benzene rings is 3. The van der Waals surface area contributed by atoms with Gasteiger partial charge in [-0.15, -0.1) is 0 Å². The summed E-state index contributed by atoms with van der Waals surface area (Å²) in [6, 6.07) is 28.5. The molecule has 0 amide bonds. The van der Waals surface area contributed by atoms with Gasteiger partial charge in [-0.25, -0.2) is 0 Å². The summed E-state index contributed by atoms with van der Waals surface area (Å²) in [5.41, 5.74) is 1.62. The van der Waals surface area contributed by atoms with Crippen molar-refractivity contribution in [1.82, 2.24) is 0 Å². The first kappa shape index (κ1) is 36.4. The fourth-order valence-corrected chi connectivity index (χ4v) is 18.3. The predicted molar refractivity (Wildman–Crippen MR) is 202 cm³/mol. The van der Waals surface area contributed by atoms with Gasteiger partial charge < -0.3 is 14.2 Å². The van der Waals surface area contributed by atoms with Gasteiger partial charge in [0.25, 0.3) is 0 Å². The van der Waals surface area contributed by atoms with Crippen LogP contribution in [0.3, 0.4) is 0 Å². The number of aliphatic hydroxyl groups is 1. The SMILES string of the molecule is Cc1ccc([C@H](C[C@@H](O)P(=O)(c2ccccc2)[C@@H]2C[C@H](C)CC[C@H]2C(C)C)P(=O)(c2ccccc2)[C@@H]2C[C@H](C)CC[C@H]2C(C)C)cc1. The molecule has 256 valence electrons. The third-order valence-corrected chi connectivity index (χ3v) is 20.0. The maximum Gasteiger partial charge on any atom is 0.145 e. The Labute approximate surface area is 286 Å². The summed E-state index contributed by atoms with van der Waals surface area (Å²) in [5, 5.41) is 14.5. The van der Waals surface area contributed by atoms with Crippen molar-refractivity contribution in [2.75, 3.05) is 0 Å². The van der Waals surface area contributed by atoms with Crippen LogP contribution >= 0.6 is 14.3 Å². The van der Waals surface area contributed by atoms with Gasteiger partial charge in [-0.3, -0.25) is 0 Å². The van der Waals surface area contributed by atoms with E-state index in [1.807, 2.05) is 48.5 Å². The minimum Gasteiger partial charge on any atom is -0.385 e. The van der Waals surface area contributed by atoms with E-state index in [0.717, 1.165) is 60.3 Å². The van der Waals surface area contributed by atoms with E-state index in [2.05, 4.69) is 84.9 Å². The summed E-state index contributed by atoms with van der Waals surface area (Å²) in [5.74, 6) is 1.22. The number of hydrogen-bond acceptors (Lipinski definition) is 3. The van der Waals surface area contributed by atoms with Crippen molar-refractivity contribution >= 4 is 24.9 Å². The maximum atomic E-state index is 16.6. The van der Waals surface area contributed by atoms with E-state index in [0.29, 0.717) is 29.6 Å². The van der Waals surface area contributed by atoms with Crippen LogP contribution in [-0.2, 0) is 9.13 Å². The predicted octanol–water partition coefficient (Wildman–Crippen LogP) is 11.0. The molecule has 2 aliphatic carbocycles. The van der Waals surface area contributed by atoms with E-state index in [4.69, 9.17) is 0 Å². The zero-order valence-electron chi connectivity index (χ0n) is 30.0. The molecule has 2 saturated carbocycles. The van der Waals surface area contributed by atoms with Gasteiger partial charge >= 0.3 is 0 Å². The van der Waals surface area contributed by atoms with Crippen LogP contribution in [0.25, 0.3) is 0 Å². The molecule has 5 rings (SSSR count). The van der Waals surface area contributed by atoms with Gasteiger partial charge in [0.2, 0.25) is 0 Å². The van der Waals surface area contributed by atoms with Gasteiger partial charge in [0, 0.05) is 27.6 Å². The summed E-state index contributed by atoms with van der Waals surface area (Å²) in [6.07, 6.45) is 6.40. The van der Waals surface area contributed by atoms with E-state index in [-0.39, 0.29) is 23.7 Å². The second kappa shape index (κ2) is 15.3. The molecular weight excluding hydrogens is 614 g/mol. The van der Waals surface area contributed by atoms with Crippen molar-refractivity contribution in [1.29, 1.82) is 0 Å². The van der Waals surface area contributed by atoms with Crippen molar-refractivity contribution in [3.8, 4) is 0 Å². The van der Waals surface area contributed by atoms with E-state index in [9.17, 15) is 5.11 Å². The summed E-state index contributed by atoms with van der Waals surface area (Å²) >= 11 is 0. The first-order valence-electron chi connectivity index (χ1n) is 18.4. The normalized spacial score (nSPS) is 29.1. The summed E-state index contributed by atoms with van der Waals surface area (Å²) in [7, 11) is -6.61. The Bertz CT molecular complexity index is 1520. The van der Waals surface area contributed by atoms with Crippen LogP contribution in [0, 0.1) is 42.4 Å². The molecule has 0 spiro atoms. The highest BCUT2D eigenvalue weighted by molar-refractivity contribution is 7.73. The molecule has 0 aromatic heterocycles. The highest BCUT2D eigenvalue weighted by Gasteiger charge is 2.53. The first-order chi connectivity index (χ1) is 22.4. The average Bonchev–Trinajstić information content (AvgIpc) is 3.07. The minimum atomic E-state index is -3.38. The Morgan fingerprint density at radius 1 is 0.638 bits per heavy atom. The molecule has 3 aromatic carbocycles. The van der Waals surface area contributed by atoms with Crippen molar-refractivity contribution < 1.29 is 14.2 Å². The van der Waals surface area contributed by atoms with Crippen molar-refractivity contribution in [2.24, 2.45) is 35.5 Å². The fourth-order valence-electron chi connectivity index (χ4n) is 9.35. The molecule has 10 atom stereocenters. The Balaban J connectivity index is 1.71. The monoisotopic (exact) mass is 674 g/mol. The summed E-state index contributed by atoms with van der Waals surface area (Å²) in [6.45, 7) is 15.8. The average molecular weight is 675 g/mol. The third-order valence-electron chi connectivity index (χ3n) is 12.1. The lowest BCUT2D eigenvalue weighted by atomic mass is 9.77. The van der Waals surface area contributed by atoms with Crippen LogP contribution in [-0.4, -0.2) is 22.3 Å². The van der Waals surface area contributed by atoms with Gasteiger partial charge in [0.15, 0.2) is 0 Å². The highest BCUT2D eigenvalue weighted by Crippen LogP contribution is 2.71. The molecule has 0 radical (unpaired) electrons. The molecule has 0 heterocycles. The zero-order chi connectivity index (χ0) is 33.9. The maximum absolute atomic E-state index is 16.6. The van der Waals surface area contributed by atoms with Gasteiger partial charge in [0.05, 0.1) is 0 Å². The summed E-state index contributed by atoms with van der Waals surface area (Å²) < 4.78 is 32.7. The van der Waals surface area contributed by atoms with Crippen LogP contribution in [0.4, 0.5) is 0 Å². The van der Waals surface area contributed by atoms with E-state index in [1.165, 1.54) is 0 Å². The lowest BCUT2D eigenvalue weighted by Crippen LogP contribution is -2.39. The lowest BCUT2D eigenvalue weighted by Gasteiger charge is -2.47. The Morgan fingerprint density at radius 2 is 1.06 bits per heavy atom. The van der Waals surface area contributed by atoms with E-state index < -0.39 is 25.8 Å². The standard InChI is InChI=1S/C42H60O3P2/c1-29(2)37-24-20-32(6)26-40(37)46(44,35-14-10-8-11-15-35)39(34-22-18-31(5)19-23-34)28-42(43)47(45,36-16-12-9-13-17-36)41-27-33(7)21-25-38(41)30(3)4/h8-19,22-23,29-30,32-33,37-43H,20-21,24-28H2,1-7H3/t32-,33-,37+,38+,39+,40-,41-,42+,46?,47?/m1/s1. The van der Waals surface area contributed by atoms with E-state index in [1.54, 1.807) is 0 Å². The Hall–Kier alpha value is -1.92. The molecule has 5 heteroatoms. The van der Waals surface area contributed by atoms with Crippen LogP contribution in [0.1, 0.15) is 103 Å². The van der Waals surface area contributed by atoms with Crippen molar-refractivity contribution in [3.05, 3.63) is 96.1 Å². The van der Waals surface area contributed by atoms with Crippen molar-refractivity contribution in [3.63, 3.8) is 0 Å². The van der Waals surface area contributed by atoms with Gasteiger partial charge in [-0.1, -0.05) is 145 Å². The topological polar surface area (TPSA) is 54.4 Å². The molecule has 0 aliphatic heterocycles. The van der Waals surface area contributed by atoms with Crippen LogP contribution < -0.4 is 10.6 Å². The van der Waals surface area contributed by atoms with Gasteiger partial charge in [-0.05, 0) is 80.1 Å². The second-order valence-corrected chi connectivity index (χ2v) is 22.4. The second-order valence-electron chi connectivity index (χ2n) is 16.0. The Kier molecular flexibility index (Phi) is 11.9. The smallest absolute Gasteiger partial charge is 0.145 e. The molecule has 1 N–H and O–H groups in total. The molecule has 0 bridgehead atoms. The fraction of sp³-hybridized carbons (Fsp3) is 0.571. The largest absolute Gasteiger partial charge is 0.385 e. The molecule has 2 aliphatic rings. The molecule has 0 saturated heterocycles. The molecule has 2 unspecified atom stereocenters. The van der Waals surface area contributed by atoms with Crippen LogP contribution in [0.5, 0.6) is 0 Å². The highest BCUT2D eigenvalue weighted by atomic mass is 31.2. The van der Waals surface area contributed by atoms with Crippen molar-refractivity contribution in [2.45, 2.75) is 116 Å². The molecule has 3 aromatic rings. The first-order valence-corrected chi connectivity index (χ1v) is 22.1. The number of rotatable bonds is 11. The van der Waals surface area contributed by atoms with Crippen LogP contribution in [0.2, 0.25) is 0 Å². The quantitative estimate of drug-likeness (QED) is 0.206. The van der Waals surface area contributed by atoms with Crippen LogP contribution in [0.15, 0.2) is 84.9 Å². The molecule has 47 heavy (non-hydrogen) atoms. The molecule has 3 nitrogen and oxygen atoms in total. The lowest BCUT2D eigenvalue weighted by molar-refractivity contribution is 0.206. The minimum absolute atomic E-state index is 0.00128. The number of aliphatic hydroxyl groups excluding tert-OH is 1. The molecular formula is C42H60O3P2. The summed E-state index contributed by atoms with van der Waals surface area (Å²) in [4.78, 5) is 0. The Morgan fingerprint density at radius 3 is 1.51 bits per heavy atom. The zero-order valence-corrected chi connectivity index (χ0v) is 31.8. The number of aryl methyl sites for hydroxylation is 1. The third kappa shape index (κ3) is 7.49. The van der Waals surface area contributed by atoms with Gasteiger partial charge in [-0.2, -0.15) is 0 Å².